The molecular weight excluding hydrogens is 220 g/mol. The zero-order chi connectivity index (χ0) is 12.3. The molecule has 2 amide bonds. The fourth-order valence-electron chi connectivity index (χ4n) is 2.09. The van der Waals surface area contributed by atoms with Gasteiger partial charge in [0.05, 0.1) is 0 Å². The van der Waals surface area contributed by atoms with Crippen LogP contribution in [0.5, 0.6) is 0 Å². The van der Waals surface area contributed by atoms with Crippen LogP contribution in [-0.4, -0.2) is 36.2 Å². The van der Waals surface area contributed by atoms with Gasteiger partial charge in [0.25, 0.3) is 5.91 Å². The van der Waals surface area contributed by atoms with Crippen molar-refractivity contribution in [3.63, 3.8) is 0 Å². The number of hydrazone groups is 1. The monoisotopic (exact) mass is 238 g/mol. The van der Waals surface area contributed by atoms with Gasteiger partial charge in [0, 0.05) is 18.4 Å². The van der Waals surface area contributed by atoms with E-state index in [4.69, 9.17) is 0 Å². The first-order valence-corrected chi connectivity index (χ1v) is 5.98. The Bertz CT molecular complexity index is 358. The number of piperidine rings is 1. The second-order valence-electron chi connectivity index (χ2n) is 4.86. The van der Waals surface area contributed by atoms with Crippen LogP contribution in [0, 0.1) is 0 Å². The van der Waals surface area contributed by atoms with Crippen LogP contribution < -0.4 is 16.1 Å². The van der Waals surface area contributed by atoms with Gasteiger partial charge in [-0.3, -0.25) is 9.59 Å². The van der Waals surface area contributed by atoms with Crippen LogP contribution in [0.2, 0.25) is 0 Å². The highest BCUT2D eigenvalue weighted by atomic mass is 16.2. The lowest BCUT2D eigenvalue weighted by Gasteiger charge is -2.35. The Labute approximate surface area is 100 Å². The smallest absolute Gasteiger partial charge is 0.267 e. The van der Waals surface area contributed by atoms with E-state index in [0.717, 1.165) is 25.9 Å². The van der Waals surface area contributed by atoms with Crippen molar-refractivity contribution in [3.05, 3.63) is 0 Å². The molecule has 0 atom stereocenters. The third-order valence-corrected chi connectivity index (χ3v) is 3.29. The molecule has 2 heterocycles. The summed E-state index contributed by atoms with van der Waals surface area (Å²) in [4.78, 5) is 22.9. The molecular formula is C11H18N4O2. The summed E-state index contributed by atoms with van der Waals surface area (Å²) in [5.41, 5.74) is 2.60. The van der Waals surface area contributed by atoms with Crippen LogP contribution in [-0.2, 0) is 9.59 Å². The Hall–Kier alpha value is -1.43. The number of hydrogen-bond donors (Lipinski definition) is 3. The lowest BCUT2D eigenvalue weighted by Crippen LogP contribution is -2.54. The van der Waals surface area contributed by atoms with Crippen LogP contribution in [0.4, 0.5) is 0 Å². The summed E-state index contributed by atoms with van der Waals surface area (Å²) < 4.78 is 0. The molecule has 0 spiro atoms. The minimum atomic E-state index is -0.160. The molecule has 2 aliphatic rings. The van der Waals surface area contributed by atoms with E-state index in [1.54, 1.807) is 0 Å². The molecule has 1 saturated heterocycles. The average Bonchev–Trinajstić information content (AvgIpc) is 2.30. The molecule has 17 heavy (non-hydrogen) atoms. The van der Waals surface area contributed by atoms with Gasteiger partial charge in [-0.25, -0.2) is 5.43 Å². The number of carbonyl (C=O) groups excluding carboxylic acids is 2. The van der Waals surface area contributed by atoms with Crippen LogP contribution in [0.1, 0.15) is 32.6 Å². The Morgan fingerprint density at radius 1 is 1.35 bits per heavy atom. The predicted molar refractivity (Wildman–Crippen MR) is 63.5 cm³/mol. The Morgan fingerprint density at radius 2 is 2.06 bits per heavy atom. The first-order chi connectivity index (χ1) is 8.09. The highest BCUT2D eigenvalue weighted by Gasteiger charge is 2.30. The van der Waals surface area contributed by atoms with Crippen molar-refractivity contribution < 1.29 is 9.59 Å². The van der Waals surface area contributed by atoms with Crippen LogP contribution in [0.3, 0.4) is 0 Å². The van der Waals surface area contributed by atoms with E-state index in [0.29, 0.717) is 18.6 Å². The maximum Gasteiger partial charge on any atom is 0.267 e. The quantitative estimate of drug-likeness (QED) is 0.607. The first-order valence-electron chi connectivity index (χ1n) is 5.98. The lowest BCUT2D eigenvalue weighted by molar-refractivity contribution is -0.121. The second-order valence-corrected chi connectivity index (χ2v) is 4.86. The molecule has 1 fully saturated rings. The molecule has 0 aromatic carbocycles. The molecule has 2 aliphatic heterocycles. The van der Waals surface area contributed by atoms with Gasteiger partial charge >= 0.3 is 0 Å². The summed E-state index contributed by atoms with van der Waals surface area (Å²) in [6.45, 7) is 3.88. The maximum absolute atomic E-state index is 12.0. The van der Waals surface area contributed by atoms with Crippen molar-refractivity contribution >= 4 is 17.5 Å². The predicted octanol–water partition coefficient (Wildman–Crippen LogP) is -0.489. The topological polar surface area (TPSA) is 82.6 Å². The molecule has 94 valence electrons. The average molecular weight is 238 g/mol. The van der Waals surface area contributed by atoms with Gasteiger partial charge in [-0.1, -0.05) is 0 Å². The van der Waals surface area contributed by atoms with Crippen molar-refractivity contribution in [3.8, 4) is 0 Å². The van der Waals surface area contributed by atoms with E-state index in [1.807, 2.05) is 6.92 Å². The van der Waals surface area contributed by atoms with Gasteiger partial charge in [-0.15, -0.1) is 0 Å². The zero-order valence-electron chi connectivity index (χ0n) is 10.0. The fraction of sp³-hybridized carbons (Fsp3) is 0.727. The number of nitrogens with zero attached hydrogens (tertiary/aromatic N) is 1. The highest BCUT2D eigenvalue weighted by molar-refractivity contribution is 6.39. The summed E-state index contributed by atoms with van der Waals surface area (Å²) in [7, 11) is 0. The summed E-state index contributed by atoms with van der Waals surface area (Å²) in [6.07, 6.45) is 2.59. The first kappa shape index (κ1) is 12.0. The molecule has 0 aromatic heterocycles. The third kappa shape index (κ3) is 3.03. The molecule has 3 N–H and O–H groups in total. The second kappa shape index (κ2) is 4.83. The Balaban J connectivity index is 1.94. The number of rotatable bonds is 2. The molecule has 0 bridgehead atoms. The molecule has 0 radical (unpaired) electrons. The lowest BCUT2D eigenvalue weighted by atomic mass is 9.90. The van der Waals surface area contributed by atoms with Gasteiger partial charge in [0.2, 0.25) is 5.91 Å². The van der Waals surface area contributed by atoms with E-state index in [2.05, 4.69) is 21.2 Å². The van der Waals surface area contributed by atoms with Crippen LogP contribution in [0.15, 0.2) is 5.10 Å². The van der Waals surface area contributed by atoms with E-state index >= 15 is 0 Å². The zero-order valence-corrected chi connectivity index (χ0v) is 10.0. The number of hydrogen-bond acceptors (Lipinski definition) is 4. The third-order valence-electron chi connectivity index (χ3n) is 3.29. The minimum Gasteiger partial charge on any atom is -0.346 e. The minimum absolute atomic E-state index is 0.130. The largest absolute Gasteiger partial charge is 0.346 e. The molecule has 0 aliphatic carbocycles. The summed E-state index contributed by atoms with van der Waals surface area (Å²) >= 11 is 0. The fourth-order valence-corrected chi connectivity index (χ4v) is 2.09. The molecule has 2 rings (SSSR count). The van der Waals surface area contributed by atoms with Gasteiger partial charge in [0.15, 0.2) is 0 Å². The van der Waals surface area contributed by atoms with Crippen molar-refractivity contribution in [2.75, 3.05) is 13.1 Å². The molecule has 6 nitrogen and oxygen atoms in total. The summed E-state index contributed by atoms with van der Waals surface area (Å²) in [5.74, 6) is -0.288. The number of nitrogens with one attached hydrogen (secondary N) is 3. The van der Waals surface area contributed by atoms with Crippen molar-refractivity contribution in [2.45, 2.75) is 38.1 Å². The SMILES string of the molecule is CC1(NC(=O)C2=NNC(=O)CC2)CCNCC1. The summed E-state index contributed by atoms with van der Waals surface area (Å²) in [5, 5.41) is 10.1. The van der Waals surface area contributed by atoms with Crippen LogP contribution in [0.25, 0.3) is 0 Å². The Morgan fingerprint density at radius 3 is 2.65 bits per heavy atom. The van der Waals surface area contributed by atoms with Crippen molar-refractivity contribution in [2.24, 2.45) is 5.10 Å². The normalized spacial score (nSPS) is 23.6. The van der Waals surface area contributed by atoms with Gasteiger partial charge < -0.3 is 10.6 Å². The van der Waals surface area contributed by atoms with Crippen molar-refractivity contribution in [1.82, 2.24) is 16.1 Å². The van der Waals surface area contributed by atoms with Gasteiger partial charge in [-0.05, 0) is 32.9 Å². The Kier molecular flexibility index (Phi) is 3.42. The maximum atomic E-state index is 12.0. The van der Waals surface area contributed by atoms with Gasteiger partial charge in [-0.2, -0.15) is 5.10 Å². The highest BCUT2D eigenvalue weighted by Crippen LogP contribution is 2.17. The summed E-state index contributed by atoms with van der Waals surface area (Å²) in [6, 6.07) is 0. The number of amides is 2. The molecule has 0 unspecified atom stereocenters. The van der Waals surface area contributed by atoms with Gasteiger partial charge in [0.1, 0.15) is 5.71 Å². The molecule has 0 aromatic rings. The van der Waals surface area contributed by atoms with Crippen molar-refractivity contribution in [1.29, 1.82) is 0 Å². The van der Waals surface area contributed by atoms with Crippen LogP contribution >= 0.6 is 0 Å². The van der Waals surface area contributed by atoms with E-state index in [-0.39, 0.29) is 17.4 Å². The van der Waals surface area contributed by atoms with E-state index in [1.165, 1.54) is 0 Å². The number of carbonyl (C=O) groups is 2. The molecule has 0 saturated carbocycles. The standard InChI is InChI=1S/C11H18N4O2/c1-11(4-6-12-7-5-11)13-10(17)8-2-3-9(16)15-14-8/h12H,2-7H2,1H3,(H,13,17)(H,15,16). The molecule has 6 heteroatoms. The van der Waals surface area contributed by atoms with E-state index < -0.39 is 0 Å². The van der Waals surface area contributed by atoms with E-state index in [9.17, 15) is 9.59 Å².